The van der Waals surface area contributed by atoms with Crippen LogP contribution in [0.15, 0.2) is 35.7 Å². The second-order valence-electron chi connectivity index (χ2n) is 5.41. The highest BCUT2D eigenvalue weighted by atomic mass is 32.1. The fourth-order valence-electron chi connectivity index (χ4n) is 2.98. The molecule has 0 spiro atoms. The van der Waals surface area contributed by atoms with Crippen molar-refractivity contribution in [1.82, 2.24) is 4.90 Å². The lowest BCUT2D eigenvalue weighted by atomic mass is 10.1. The number of nitro benzene ring substituents is 1. The first-order valence-electron chi connectivity index (χ1n) is 7.42. The van der Waals surface area contributed by atoms with Crippen LogP contribution in [0.4, 0.5) is 11.4 Å². The number of hydrogen-bond donors (Lipinski definition) is 1. The maximum Gasteiger partial charge on any atom is 0.293 e. The van der Waals surface area contributed by atoms with E-state index in [1.807, 2.05) is 22.4 Å². The molecule has 0 bridgehead atoms. The third kappa shape index (κ3) is 2.92. The molecule has 0 saturated carbocycles. The number of rotatable bonds is 4. The molecule has 2 heterocycles. The van der Waals surface area contributed by atoms with Crippen LogP contribution < -0.4 is 5.32 Å². The molecule has 0 aliphatic carbocycles. The van der Waals surface area contributed by atoms with Crippen molar-refractivity contribution in [2.75, 3.05) is 18.9 Å². The topological polar surface area (TPSA) is 75.5 Å². The highest BCUT2D eigenvalue weighted by molar-refractivity contribution is 7.10. The van der Waals surface area contributed by atoms with Crippen molar-refractivity contribution in [2.24, 2.45) is 0 Å². The van der Waals surface area contributed by atoms with Crippen molar-refractivity contribution in [3.8, 4) is 0 Å². The van der Waals surface area contributed by atoms with Crippen molar-refractivity contribution in [2.45, 2.75) is 18.9 Å². The number of anilines is 1. The number of amides is 1. The van der Waals surface area contributed by atoms with Gasteiger partial charge in [0.15, 0.2) is 0 Å². The van der Waals surface area contributed by atoms with Crippen LogP contribution >= 0.6 is 11.3 Å². The molecule has 1 fully saturated rings. The molecule has 1 aliphatic heterocycles. The zero-order chi connectivity index (χ0) is 16.4. The first kappa shape index (κ1) is 15.5. The van der Waals surface area contributed by atoms with Crippen LogP contribution in [0.3, 0.4) is 0 Å². The highest BCUT2D eigenvalue weighted by Crippen LogP contribution is 2.36. The summed E-state index contributed by atoms with van der Waals surface area (Å²) in [5.41, 5.74) is 0.687. The Hall–Kier alpha value is -2.41. The minimum atomic E-state index is -0.469. The number of likely N-dealkylation sites (tertiary alicyclic amines) is 1. The fraction of sp³-hybridized carbons (Fsp3) is 0.312. The van der Waals surface area contributed by atoms with Gasteiger partial charge in [-0.1, -0.05) is 6.07 Å². The molecule has 6 nitrogen and oxygen atoms in total. The summed E-state index contributed by atoms with van der Waals surface area (Å²) in [6.07, 6.45) is 1.88. The van der Waals surface area contributed by atoms with E-state index >= 15 is 0 Å². The predicted octanol–water partition coefficient (Wildman–Crippen LogP) is 3.68. The van der Waals surface area contributed by atoms with Crippen LogP contribution in [0.2, 0.25) is 0 Å². The van der Waals surface area contributed by atoms with E-state index in [0.29, 0.717) is 17.8 Å². The van der Waals surface area contributed by atoms with Crippen molar-refractivity contribution in [1.29, 1.82) is 0 Å². The Bertz CT molecular complexity index is 730. The summed E-state index contributed by atoms with van der Waals surface area (Å²) >= 11 is 1.64. The van der Waals surface area contributed by atoms with E-state index in [2.05, 4.69) is 5.32 Å². The summed E-state index contributed by atoms with van der Waals surface area (Å²) in [7, 11) is 1.62. The van der Waals surface area contributed by atoms with Crippen LogP contribution in [-0.2, 0) is 0 Å². The molecule has 0 radical (unpaired) electrons. The first-order chi connectivity index (χ1) is 11.1. The minimum Gasteiger partial charge on any atom is -0.383 e. The number of nitrogens with zero attached hydrogens (tertiary/aromatic N) is 2. The Morgan fingerprint density at radius 3 is 2.91 bits per heavy atom. The van der Waals surface area contributed by atoms with Gasteiger partial charge in [0.1, 0.15) is 5.69 Å². The van der Waals surface area contributed by atoms with Gasteiger partial charge in [0, 0.05) is 30.1 Å². The number of carbonyl (C=O) groups excluding carboxylic acids is 1. The fourth-order valence-corrected chi connectivity index (χ4v) is 3.85. The van der Waals surface area contributed by atoms with Gasteiger partial charge in [-0.15, -0.1) is 11.3 Å². The molecule has 1 aromatic carbocycles. The van der Waals surface area contributed by atoms with Crippen LogP contribution in [0.5, 0.6) is 0 Å². The van der Waals surface area contributed by atoms with E-state index in [9.17, 15) is 14.9 Å². The summed E-state index contributed by atoms with van der Waals surface area (Å²) in [4.78, 5) is 26.5. The maximum absolute atomic E-state index is 12.8. The number of benzene rings is 1. The predicted molar refractivity (Wildman–Crippen MR) is 90.0 cm³/mol. The van der Waals surface area contributed by atoms with Gasteiger partial charge in [-0.05, 0) is 36.4 Å². The zero-order valence-corrected chi connectivity index (χ0v) is 13.5. The van der Waals surface area contributed by atoms with Gasteiger partial charge in [-0.3, -0.25) is 14.9 Å². The summed E-state index contributed by atoms with van der Waals surface area (Å²) in [6.45, 7) is 0.684. The third-order valence-corrected chi connectivity index (χ3v) is 5.07. The molecule has 1 N–H and O–H groups in total. The summed E-state index contributed by atoms with van der Waals surface area (Å²) < 4.78 is 0. The molecule has 1 aromatic heterocycles. The Balaban J connectivity index is 1.91. The van der Waals surface area contributed by atoms with Crippen molar-refractivity contribution in [3.05, 3.63) is 56.3 Å². The SMILES string of the molecule is CNc1ccc(C(=O)N2CCCC2c2cccs2)cc1[N+](=O)[O-]. The van der Waals surface area contributed by atoms with Crippen LogP contribution in [0.25, 0.3) is 0 Å². The summed E-state index contributed by atoms with van der Waals surface area (Å²) in [6, 6.07) is 8.68. The summed E-state index contributed by atoms with van der Waals surface area (Å²) in [5.74, 6) is -0.147. The molecular weight excluding hydrogens is 314 g/mol. The Kier molecular flexibility index (Phi) is 4.29. The second kappa shape index (κ2) is 6.37. The molecule has 1 aliphatic rings. The maximum atomic E-state index is 12.8. The molecular formula is C16H17N3O3S. The van der Waals surface area contributed by atoms with E-state index in [0.717, 1.165) is 17.7 Å². The molecule has 120 valence electrons. The minimum absolute atomic E-state index is 0.0746. The average molecular weight is 331 g/mol. The monoisotopic (exact) mass is 331 g/mol. The largest absolute Gasteiger partial charge is 0.383 e. The lowest BCUT2D eigenvalue weighted by molar-refractivity contribution is -0.384. The highest BCUT2D eigenvalue weighted by Gasteiger charge is 2.32. The van der Waals surface area contributed by atoms with E-state index < -0.39 is 4.92 Å². The standard InChI is InChI=1S/C16H17N3O3S/c1-17-12-7-6-11(10-14(12)19(21)22)16(20)18-8-2-4-13(18)15-5-3-9-23-15/h3,5-7,9-10,13,17H,2,4,8H2,1H3. The molecule has 1 atom stereocenters. The van der Waals surface area contributed by atoms with Gasteiger partial charge in [-0.25, -0.2) is 0 Å². The van der Waals surface area contributed by atoms with Gasteiger partial charge >= 0.3 is 0 Å². The number of hydrogen-bond acceptors (Lipinski definition) is 5. The second-order valence-corrected chi connectivity index (χ2v) is 6.39. The van der Waals surface area contributed by atoms with Gasteiger partial charge < -0.3 is 10.2 Å². The van der Waals surface area contributed by atoms with Gasteiger partial charge in [0.05, 0.1) is 11.0 Å². The molecule has 1 amide bonds. The summed E-state index contributed by atoms with van der Waals surface area (Å²) in [5, 5.41) is 16.0. The van der Waals surface area contributed by atoms with Crippen LogP contribution in [0.1, 0.15) is 34.1 Å². The third-order valence-electron chi connectivity index (χ3n) is 4.10. The first-order valence-corrected chi connectivity index (χ1v) is 8.30. The van der Waals surface area contributed by atoms with Gasteiger partial charge in [0.2, 0.25) is 0 Å². The molecule has 23 heavy (non-hydrogen) atoms. The normalized spacial score (nSPS) is 17.3. The lowest BCUT2D eigenvalue weighted by Gasteiger charge is -2.24. The number of thiophene rings is 1. The average Bonchev–Trinajstić information content (AvgIpc) is 3.23. The van der Waals surface area contributed by atoms with Gasteiger partial charge in [0.25, 0.3) is 11.6 Å². The number of nitrogens with one attached hydrogen (secondary N) is 1. The molecule has 3 rings (SSSR count). The number of nitro groups is 1. The molecule has 1 saturated heterocycles. The molecule has 1 unspecified atom stereocenters. The Morgan fingerprint density at radius 2 is 2.26 bits per heavy atom. The van der Waals surface area contributed by atoms with Crippen LogP contribution in [0, 0.1) is 10.1 Å². The van der Waals surface area contributed by atoms with Crippen molar-refractivity contribution in [3.63, 3.8) is 0 Å². The van der Waals surface area contributed by atoms with E-state index in [1.165, 1.54) is 6.07 Å². The number of carbonyl (C=O) groups is 1. The Labute approximate surface area is 137 Å². The smallest absolute Gasteiger partial charge is 0.293 e. The van der Waals surface area contributed by atoms with Crippen LogP contribution in [-0.4, -0.2) is 29.3 Å². The van der Waals surface area contributed by atoms with Crippen molar-refractivity contribution < 1.29 is 9.72 Å². The molecule has 2 aromatic rings. The van der Waals surface area contributed by atoms with Gasteiger partial charge in [-0.2, -0.15) is 0 Å². The lowest BCUT2D eigenvalue weighted by Crippen LogP contribution is -2.30. The molecule has 7 heteroatoms. The van der Waals surface area contributed by atoms with E-state index in [1.54, 1.807) is 30.5 Å². The quantitative estimate of drug-likeness (QED) is 0.685. The van der Waals surface area contributed by atoms with Crippen molar-refractivity contribution >= 4 is 28.6 Å². The zero-order valence-electron chi connectivity index (χ0n) is 12.7. The Morgan fingerprint density at radius 1 is 1.43 bits per heavy atom. The van der Waals surface area contributed by atoms with E-state index in [4.69, 9.17) is 0 Å². The van der Waals surface area contributed by atoms with E-state index in [-0.39, 0.29) is 17.6 Å².